The van der Waals surface area contributed by atoms with Gasteiger partial charge in [-0.1, -0.05) is 18.2 Å². The van der Waals surface area contributed by atoms with Crippen molar-refractivity contribution in [1.82, 2.24) is 4.90 Å². The van der Waals surface area contributed by atoms with Crippen LogP contribution >= 0.6 is 0 Å². The number of likely N-dealkylation sites (tertiary alicyclic amines) is 1. The molecule has 3 aliphatic rings. The smallest absolute Gasteiger partial charge is 0.233 e. The number of benzene rings is 2. The molecule has 0 spiro atoms. The molecule has 6 heteroatoms. The maximum Gasteiger partial charge on any atom is 0.233 e. The van der Waals surface area contributed by atoms with Gasteiger partial charge in [0.1, 0.15) is 23.4 Å². The van der Waals surface area contributed by atoms with Crippen LogP contribution in [0.5, 0.6) is 11.5 Å². The second kappa shape index (κ2) is 8.74. The van der Waals surface area contributed by atoms with E-state index in [0.717, 1.165) is 30.7 Å². The van der Waals surface area contributed by atoms with Crippen molar-refractivity contribution in [3.05, 3.63) is 59.9 Å². The predicted octanol–water partition coefficient (Wildman–Crippen LogP) is 4.20. The Morgan fingerprint density at radius 3 is 2.56 bits per heavy atom. The van der Waals surface area contributed by atoms with Gasteiger partial charge < -0.3 is 19.1 Å². The van der Waals surface area contributed by atoms with Gasteiger partial charge in [0.15, 0.2) is 0 Å². The first kappa shape index (κ1) is 21.3. The number of hydrogen-bond donors (Lipinski definition) is 0. The molecule has 0 radical (unpaired) electrons. The molecule has 2 aliphatic heterocycles. The zero-order valence-electron chi connectivity index (χ0n) is 18.5. The molecule has 1 saturated carbocycles. The lowest BCUT2D eigenvalue weighted by molar-refractivity contribution is -0.140. The maximum absolute atomic E-state index is 14.0. The van der Waals surface area contributed by atoms with E-state index >= 15 is 0 Å². The summed E-state index contributed by atoms with van der Waals surface area (Å²) in [6.45, 7) is 2.64. The van der Waals surface area contributed by atoms with Gasteiger partial charge in [0, 0.05) is 38.3 Å². The Labute approximate surface area is 188 Å². The Morgan fingerprint density at radius 2 is 1.84 bits per heavy atom. The topological polar surface area (TPSA) is 48.0 Å². The fourth-order valence-electron chi connectivity index (χ4n) is 5.80. The summed E-state index contributed by atoms with van der Waals surface area (Å²) in [6.07, 6.45) is 3.38. The van der Waals surface area contributed by atoms with Crippen LogP contribution in [0.2, 0.25) is 0 Å². The molecule has 2 aromatic rings. The van der Waals surface area contributed by atoms with Crippen LogP contribution in [0.25, 0.3) is 0 Å². The third kappa shape index (κ3) is 3.85. The lowest BCUT2D eigenvalue weighted by Crippen LogP contribution is -2.49. The zero-order chi connectivity index (χ0) is 22.1. The van der Waals surface area contributed by atoms with E-state index in [1.165, 1.54) is 12.1 Å². The number of fused-ring (bicyclic) bond motifs is 1. The summed E-state index contributed by atoms with van der Waals surface area (Å²) in [4.78, 5) is 16.0. The SMILES string of the molecule is COc1ccc(C2(C(=O)N3C[C@@H]4CC[C@H](Oc5cccc(F)c5)[C@@H]4C3)CCOCC2)cc1. The van der Waals surface area contributed by atoms with Crippen molar-refractivity contribution < 1.29 is 23.4 Å². The summed E-state index contributed by atoms with van der Waals surface area (Å²) < 4.78 is 30.7. The lowest BCUT2D eigenvalue weighted by Gasteiger charge is -2.39. The number of rotatable bonds is 5. The fraction of sp³-hybridized carbons (Fsp3) is 0.500. The summed E-state index contributed by atoms with van der Waals surface area (Å²) in [5.74, 6) is 1.99. The predicted molar refractivity (Wildman–Crippen MR) is 118 cm³/mol. The van der Waals surface area contributed by atoms with Gasteiger partial charge in [-0.15, -0.1) is 0 Å². The quantitative estimate of drug-likeness (QED) is 0.701. The Kier molecular flexibility index (Phi) is 5.80. The van der Waals surface area contributed by atoms with E-state index < -0.39 is 5.41 Å². The minimum absolute atomic E-state index is 0.0197. The van der Waals surface area contributed by atoms with Gasteiger partial charge in [0.2, 0.25) is 5.91 Å². The minimum Gasteiger partial charge on any atom is -0.497 e. The zero-order valence-corrected chi connectivity index (χ0v) is 18.5. The number of nitrogens with zero attached hydrogens (tertiary/aromatic N) is 1. The highest BCUT2D eigenvalue weighted by Crippen LogP contribution is 2.44. The normalized spacial score (nSPS) is 26.6. The molecule has 0 bridgehead atoms. The van der Waals surface area contributed by atoms with Crippen LogP contribution in [0, 0.1) is 17.7 Å². The Balaban J connectivity index is 1.34. The van der Waals surface area contributed by atoms with Crippen molar-refractivity contribution in [2.24, 2.45) is 11.8 Å². The molecule has 3 fully saturated rings. The van der Waals surface area contributed by atoms with E-state index in [9.17, 15) is 9.18 Å². The van der Waals surface area contributed by atoms with Gasteiger partial charge in [0.05, 0.1) is 12.5 Å². The molecule has 170 valence electrons. The molecular weight excluding hydrogens is 409 g/mol. The first-order valence-corrected chi connectivity index (χ1v) is 11.5. The summed E-state index contributed by atoms with van der Waals surface area (Å²) >= 11 is 0. The van der Waals surface area contributed by atoms with E-state index in [0.29, 0.717) is 44.3 Å². The van der Waals surface area contributed by atoms with Crippen LogP contribution < -0.4 is 9.47 Å². The van der Waals surface area contributed by atoms with Crippen molar-refractivity contribution >= 4 is 5.91 Å². The molecule has 3 atom stereocenters. The molecule has 1 aliphatic carbocycles. The third-order valence-electron chi connectivity index (χ3n) is 7.56. The van der Waals surface area contributed by atoms with Crippen LogP contribution in [0.15, 0.2) is 48.5 Å². The lowest BCUT2D eigenvalue weighted by atomic mass is 9.73. The summed E-state index contributed by atoms with van der Waals surface area (Å²) in [7, 11) is 1.65. The molecule has 1 amide bonds. The van der Waals surface area contributed by atoms with Crippen molar-refractivity contribution in [2.45, 2.75) is 37.2 Å². The van der Waals surface area contributed by atoms with Gasteiger partial charge in [-0.2, -0.15) is 0 Å². The number of halogens is 1. The number of hydrogen-bond acceptors (Lipinski definition) is 4. The first-order chi connectivity index (χ1) is 15.6. The molecule has 2 heterocycles. The Bertz CT molecular complexity index is 957. The molecule has 0 aromatic heterocycles. The Morgan fingerprint density at radius 1 is 1.06 bits per heavy atom. The monoisotopic (exact) mass is 439 g/mol. The molecule has 2 aromatic carbocycles. The molecule has 0 N–H and O–H groups in total. The molecule has 5 nitrogen and oxygen atoms in total. The molecule has 32 heavy (non-hydrogen) atoms. The first-order valence-electron chi connectivity index (χ1n) is 11.5. The highest BCUT2D eigenvalue weighted by molar-refractivity contribution is 5.89. The van der Waals surface area contributed by atoms with Gasteiger partial charge >= 0.3 is 0 Å². The third-order valence-corrected chi connectivity index (χ3v) is 7.56. The van der Waals surface area contributed by atoms with Gasteiger partial charge in [-0.05, 0) is 61.4 Å². The second-order valence-corrected chi connectivity index (χ2v) is 9.25. The number of ether oxygens (including phenoxy) is 3. The average Bonchev–Trinajstić information content (AvgIpc) is 3.41. The van der Waals surface area contributed by atoms with E-state index in [1.807, 2.05) is 29.2 Å². The van der Waals surface area contributed by atoms with Gasteiger partial charge in [0.25, 0.3) is 0 Å². The maximum atomic E-state index is 14.0. The number of carbonyl (C=O) groups is 1. The van der Waals surface area contributed by atoms with Crippen LogP contribution in [0.1, 0.15) is 31.2 Å². The van der Waals surface area contributed by atoms with Crippen LogP contribution in [-0.2, 0) is 14.9 Å². The van der Waals surface area contributed by atoms with E-state index in [2.05, 4.69) is 0 Å². The standard InChI is InChI=1S/C26H30FNO4/c1-30-21-8-6-19(7-9-21)26(11-13-31-14-12-26)25(29)28-16-18-5-10-24(23(18)17-28)32-22-4-2-3-20(27)15-22/h2-4,6-9,15,18,23-24H,5,10-14,16-17H2,1H3/t18-,23+,24-/m0/s1. The average molecular weight is 440 g/mol. The molecule has 2 saturated heterocycles. The fourth-order valence-corrected chi connectivity index (χ4v) is 5.80. The van der Waals surface area contributed by atoms with Crippen LogP contribution in [-0.4, -0.2) is 50.3 Å². The number of carbonyl (C=O) groups excluding carboxylic acids is 1. The van der Waals surface area contributed by atoms with Crippen molar-refractivity contribution in [3.63, 3.8) is 0 Å². The summed E-state index contributed by atoms with van der Waals surface area (Å²) in [5, 5.41) is 0. The molecule has 0 unspecified atom stereocenters. The highest BCUT2D eigenvalue weighted by atomic mass is 19.1. The van der Waals surface area contributed by atoms with E-state index in [-0.39, 0.29) is 23.7 Å². The number of amides is 1. The summed E-state index contributed by atoms with van der Waals surface area (Å²) in [6, 6.07) is 14.2. The highest BCUT2D eigenvalue weighted by Gasteiger charge is 2.50. The van der Waals surface area contributed by atoms with Crippen LogP contribution in [0.3, 0.4) is 0 Å². The van der Waals surface area contributed by atoms with Crippen molar-refractivity contribution in [3.8, 4) is 11.5 Å². The molecular formula is C26H30FNO4. The van der Waals surface area contributed by atoms with Gasteiger partial charge in [-0.25, -0.2) is 4.39 Å². The van der Waals surface area contributed by atoms with E-state index in [4.69, 9.17) is 14.2 Å². The Hall–Kier alpha value is -2.60. The van der Waals surface area contributed by atoms with Crippen molar-refractivity contribution in [1.29, 1.82) is 0 Å². The van der Waals surface area contributed by atoms with E-state index in [1.54, 1.807) is 19.2 Å². The summed E-state index contributed by atoms with van der Waals surface area (Å²) in [5.41, 5.74) is 0.485. The number of methoxy groups -OCH3 is 1. The molecule has 5 rings (SSSR count). The van der Waals surface area contributed by atoms with Gasteiger partial charge in [-0.3, -0.25) is 4.79 Å². The second-order valence-electron chi connectivity index (χ2n) is 9.25. The largest absolute Gasteiger partial charge is 0.497 e. The minimum atomic E-state index is -0.554. The van der Waals surface area contributed by atoms with Crippen LogP contribution in [0.4, 0.5) is 4.39 Å². The van der Waals surface area contributed by atoms with Crippen molar-refractivity contribution in [2.75, 3.05) is 33.4 Å².